The zero-order chi connectivity index (χ0) is 23.6. The fourth-order valence-electron chi connectivity index (χ4n) is 2.98. The summed E-state index contributed by atoms with van der Waals surface area (Å²) in [7, 11) is 0. The van der Waals surface area contributed by atoms with Crippen LogP contribution in [0.25, 0.3) is 0 Å². The molecule has 0 saturated heterocycles. The van der Waals surface area contributed by atoms with Crippen molar-refractivity contribution in [1.82, 2.24) is 0 Å². The highest BCUT2D eigenvalue weighted by molar-refractivity contribution is 7.12. The maximum atomic E-state index is 4.53. The molecule has 0 aliphatic carbocycles. The monoisotopic (exact) mass is 439 g/mol. The number of unbranched alkanes of at least 4 members (excludes halogenated alkanes) is 1. The Labute approximate surface area is 197 Å². The van der Waals surface area contributed by atoms with Crippen molar-refractivity contribution in [1.29, 1.82) is 0 Å². The fourth-order valence-corrected chi connectivity index (χ4v) is 3.66. The van der Waals surface area contributed by atoms with Gasteiger partial charge in [0.15, 0.2) is 0 Å². The highest BCUT2D eigenvalue weighted by Gasteiger charge is 2.01. The van der Waals surface area contributed by atoms with Gasteiger partial charge in [0.1, 0.15) is 0 Å². The molecule has 0 saturated carbocycles. The second kappa shape index (κ2) is 17.7. The third-order valence-corrected chi connectivity index (χ3v) is 6.40. The van der Waals surface area contributed by atoms with Gasteiger partial charge in [-0.2, -0.15) is 0 Å². The van der Waals surface area contributed by atoms with Crippen molar-refractivity contribution in [3.63, 3.8) is 0 Å². The number of rotatable bonds is 8. The Kier molecular flexibility index (Phi) is 16.6. The largest absolute Gasteiger partial charge is 0.252 e. The van der Waals surface area contributed by atoms with E-state index in [9.17, 15) is 0 Å². The third kappa shape index (κ3) is 13.2. The van der Waals surface area contributed by atoms with Crippen LogP contribution in [-0.4, -0.2) is 5.71 Å². The van der Waals surface area contributed by atoms with Gasteiger partial charge in [-0.15, -0.1) is 11.3 Å². The lowest BCUT2D eigenvalue weighted by Gasteiger charge is -2.09. The van der Waals surface area contributed by atoms with E-state index in [1.165, 1.54) is 48.1 Å². The Morgan fingerprint density at radius 2 is 1.58 bits per heavy atom. The molecule has 0 fully saturated rings. The molecule has 172 valence electrons. The minimum atomic E-state index is 0.968. The molecule has 1 heterocycles. The van der Waals surface area contributed by atoms with Crippen molar-refractivity contribution in [3.8, 4) is 0 Å². The molecule has 0 aliphatic heterocycles. The Hall–Kier alpha value is -1.93. The van der Waals surface area contributed by atoms with Crippen molar-refractivity contribution in [3.05, 3.63) is 81.7 Å². The minimum Gasteiger partial charge on any atom is -0.252 e. The van der Waals surface area contributed by atoms with E-state index in [0.29, 0.717) is 0 Å². The summed E-state index contributed by atoms with van der Waals surface area (Å²) in [6.45, 7) is 21.0. The average molecular weight is 440 g/mol. The summed E-state index contributed by atoms with van der Waals surface area (Å²) in [6.07, 6.45) is 8.96. The average Bonchev–Trinajstić information content (AvgIpc) is 3.31. The first-order chi connectivity index (χ1) is 14.8. The van der Waals surface area contributed by atoms with Gasteiger partial charge in [0.2, 0.25) is 0 Å². The Morgan fingerprint density at radius 1 is 1.00 bits per heavy atom. The van der Waals surface area contributed by atoms with E-state index in [2.05, 4.69) is 81.9 Å². The Balaban J connectivity index is 0.000000460. The van der Waals surface area contributed by atoms with Gasteiger partial charge >= 0.3 is 0 Å². The zero-order valence-corrected chi connectivity index (χ0v) is 22.1. The van der Waals surface area contributed by atoms with Crippen LogP contribution in [0.1, 0.15) is 89.7 Å². The van der Waals surface area contributed by atoms with Crippen LogP contribution in [0.2, 0.25) is 0 Å². The molecule has 0 amide bonds. The summed E-state index contributed by atoms with van der Waals surface area (Å²) in [5.41, 5.74) is 5.76. The molecule has 0 radical (unpaired) electrons. The molecule has 0 bridgehead atoms. The molecule has 2 rings (SSSR count). The van der Waals surface area contributed by atoms with Gasteiger partial charge < -0.3 is 0 Å². The van der Waals surface area contributed by atoms with Gasteiger partial charge in [-0.05, 0) is 68.7 Å². The van der Waals surface area contributed by atoms with Gasteiger partial charge in [-0.1, -0.05) is 95.9 Å². The predicted octanol–water partition coefficient (Wildman–Crippen LogP) is 9.95. The normalized spacial score (nSPS) is 11.4. The third-order valence-electron chi connectivity index (χ3n) is 5.42. The maximum absolute atomic E-state index is 4.53. The number of aliphatic imine (C=N–C) groups is 1. The second-order valence-corrected chi connectivity index (χ2v) is 8.99. The summed E-state index contributed by atoms with van der Waals surface area (Å²) in [4.78, 5) is 5.74. The van der Waals surface area contributed by atoms with Crippen molar-refractivity contribution < 1.29 is 0 Å². The van der Waals surface area contributed by atoms with E-state index in [4.69, 9.17) is 0 Å². The molecule has 2 heteroatoms. The molecule has 1 aromatic heterocycles. The Bertz CT molecular complexity index is 756. The first-order valence-electron chi connectivity index (χ1n) is 11.7. The molecule has 2 aromatic rings. The van der Waals surface area contributed by atoms with Crippen molar-refractivity contribution >= 4 is 17.0 Å². The van der Waals surface area contributed by atoms with Crippen LogP contribution in [-0.2, 0) is 0 Å². The number of hydrogen-bond acceptors (Lipinski definition) is 2. The molecular formula is C29H45NS. The van der Waals surface area contributed by atoms with E-state index in [1.54, 1.807) is 11.3 Å². The molecule has 0 unspecified atom stereocenters. The van der Waals surface area contributed by atoms with Crippen LogP contribution in [0.15, 0.2) is 70.7 Å². The summed E-state index contributed by atoms with van der Waals surface area (Å²) >= 11 is 1.71. The molecule has 0 spiro atoms. The molecule has 1 nitrogen and oxygen atoms in total. The predicted molar refractivity (Wildman–Crippen MR) is 145 cm³/mol. The first-order valence-corrected chi connectivity index (χ1v) is 12.6. The lowest BCUT2D eigenvalue weighted by Crippen LogP contribution is -1.95. The summed E-state index contributed by atoms with van der Waals surface area (Å²) in [5.74, 6) is 1.00. The first kappa shape index (κ1) is 29.1. The summed E-state index contributed by atoms with van der Waals surface area (Å²) in [5, 5.41) is 2.06. The van der Waals surface area contributed by atoms with E-state index in [-0.39, 0.29) is 0 Å². The SMILES string of the molecule is C=C(C)/C(=C/C)N=C(C)c1cccs1.CCCCC(CC)CC.Cc1ccccc1C. The van der Waals surface area contributed by atoms with E-state index >= 15 is 0 Å². The zero-order valence-electron chi connectivity index (χ0n) is 21.3. The lowest BCUT2D eigenvalue weighted by atomic mass is 9.97. The number of nitrogens with zero attached hydrogens (tertiary/aromatic N) is 1. The van der Waals surface area contributed by atoms with E-state index in [1.807, 2.05) is 32.9 Å². The smallest absolute Gasteiger partial charge is 0.0614 e. The number of thiophene rings is 1. The highest BCUT2D eigenvalue weighted by atomic mass is 32.1. The molecule has 0 N–H and O–H groups in total. The number of hydrogen-bond donors (Lipinski definition) is 0. The van der Waals surface area contributed by atoms with Crippen molar-refractivity contribution in [2.45, 2.75) is 87.5 Å². The molecule has 1 aromatic carbocycles. The van der Waals surface area contributed by atoms with Crippen LogP contribution >= 0.6 is 11.3 Å². The van der Waals surface area contributed by atoms with Gasteiger partial charge in [-0.25, -0.2) is 0 Å². The van der Waals surface area contributed by atoms with Crippen molar-refractivity contribution in [2.24, 2.45) is 10.9 Å². The number of allylic oxidation sites excluding steroid dienone is 2. The van der Waals surface area contributed by atoms with Crippen molar-refractivity contribution in [2.75, 3.05) is 0 Å². The van der Waals surface area contributed by atoms with Crippen LogP contribution in [0.3, 0.4) is 0 Å². The van der Waals surface area contributed by atoms with Gasteiger partial charge in [-0.3, -0.25) is 4.99 Å². The van der Waals surface area contributed by atoms with Crippen LogP contribution < -0.4 is 0 Å². The van der Waals surface area contributed by atoms with Gasteiger partial charge in [0, 0.05) is 4.88 Å². The minimum absolute atomic E-state index is 0.968. The highest BCUT2D eigenvalue weighted by Crippen LogP contribution is 2.15. The van der Waals surface area contributed by atoms with Crippen LogP contribution in [0, 0.1) is 19.8 Å². The fraction of sp³-hybridized carbons (Fsp3) is 0.483. The summed E-state index contributed by atoms with van der Waals surface area (Å²) < 4.78 is 0. The van der Waals surface area contributed by atoms with E-state index < -0.39 is 0 Å². The Morgan fingerprint density at radius 3 is 1.94 bits per heavy atom. The van der Waals surface area contributed by atoms with Crippen LogP contribution in [0.5, 0.6) is 0 Å². The topological polar surface area (TPSA) is 12.4 Å². The number of aryl methyl sites for hydroxylation is 2. The van der Waals surface area contributed by atoms with Gasteiger partial charge in [0.25, 0.3) is 0 Å². The van der Waals surface area contributed by atoms with E-state index in [0.717, 1.165) is 22.9 Å². The molecule has 31 heavy (non-hydrogen) atoms. The lowest BCUT2D eigenvalue weighted by molar-refractivity contribution is 0.438. The molecular weight excluding hydrogens is 394 g/mol. The maximum Gasteiger partial charge on any atom is 0.0614 e. The summed E-state index contributed by atoms with van der Waals surface area (Å²) in [6, 6.07) is 12.5. The molecule has 0 aliphatic rings. The molecule has 0 atom stereocenters. The quantitative estimate of drug-likeness (QED) is 0.286. The second-order valence-electron chi connectivity index (χ2n) is 8.04. The standard InChI is InChI=1S/C12H15NS.C9H20.C8H10/c1-5-11(9(2)3)13-10(4)12-7-6-8-14-12;1-4-7-8-9(5-2)6-3;1-7-5-3-4-6-8(7)2/h5-8H,2H2,1,3-4H3;9H,4-8H2,1-3H3;3-6H,1-2H3/b11-5-,13-10?;;. The van der Waals surface area contributed by atoms with Crippen LogP contribution in [0.4, 0.5) is 0 Å². The number of benzene rings is 1. The van der Waals surface area contributed by atoms with Gasteiger partial charge in [0.05, 0.1) is 11.4 Å².